The molecule has 1 N–H and O–H groups in total. The maximum atomic E-state index is 11.6. The number of rotatable bonds is 3. The van der Waals surface area contributed by atoms with E-state index in [2.05, 4.69) is 19.0 Å². The Balaban J connectivity index is 2.40. The molecule has 0 aliphatic rings. The number of nitrogens with zero attached hydrogens (tertiary/aromatic N) is 2. The van der Waals surface area contributed by atoms with Crippen LogP contribution in [0.3, 0.4) is 0 Å². The third-order valence-corrected chi connectivity index (χ3v) is 2.65. The molecule has 96 valence electrons. The SMILES string of the molecule is Cc1cn(O)c(-c2cc(CC(C)C)on2)cc1=O. The summed E-state index contributed by atoms with van der Waals surface area (Å²) in [5.74, 6) is 1.20. The lowest BCUT2D eigenvalue weighted by Gasteiger charge is -2.03. The molecule has 0 radical (unpaired) electrons. The van der Waals surface area contributed by atoms with Crippen molar-refractivity contribution in [3.8, 4) is 11.4 Å². The third kappa shape index (κ3) is 2.45. The fourth-order valence-electron chi connectivity index (χ4n) is 1.74. The van der Waals surface area contributed by atoms with E-state index >= 15 is 0 Å². The number of aromatic nitrogens is 2. The standard InChI is InChI=1S/C13H16N2O3/c1-8(2)4-10-5-11(14-18-10)12-6-13(16)9(3)7-15(12)17/h5-8,17H,4H2,1-3H3. The number of pyridine rings is 1. The van der Waals surface area contributed by atoms with Gasteiger partial charge in [0.05, 0.1) is 6.20 Å². The van der Waals surface area contributed by atoms with Crippen molar-refractivity contribution >= 4 is 0 Å². The van der Waals surface area contributed by atoms with Crippen LogP contribution in [0.4, 0.5) is 0 Å². The van der Waals surface area contributed by atoms with Gasteiger partial charge in [0.1, 0.15) is 17.1 Å². The van der Waals surface area contributed by atoms with Crippen LogP contribution in [0.2, 0.25) is 0 Å². The third-order valence-electron chi connectivity index (χ3n) is 2.65. The van der Waals surface area contributed by atoms with E-state index in [0.717, 1.165) is 16.9 Å². The average Bonchev–Trinajstić information content (AvgIpc) is 2.70. The van der Waals surface area contributed by atoms with Crippen LogP contribution in [-0.2, 0) is 6.42 Å². The van der Waals surface area contributed by atoms with Gasteiger partial charge in [0.2, 0.25) is 0 Å². The summed E-state index contributed by atoms with van der Waals surface area (Å²) >= 11 is 0. The summed E-state index contributed by atoms with van der Waals surface area (Å²) in [6.45, 7) is 5.80. The highest BCUT2D eigenvalue weighted by atomic mass is 16.5. The predicted molar refractivity (Wildman–Crippen MR) is 66.7 cm³/mol. The van der Waals surface area contributed by atoms with Crippen LogP contribution in [0.1, 0.15) is 25.2 Å². The summed E-state index contributed by atoms with van der Waals surface area (Å²) in [6, 6.07) is 3.10. The van der Waals surface area contributed by atoms with Crippen LogP contribution in [-0.4, -0.2) is 15.1 Å². The van der Waals surface area contributed by atoms with Crippen molar-refractivity contribution in [1.82, 2.24) is 9.89 Å². The molecule has 0 saturated heterocycles. The lowest BCUT2D eigenvalue weighted by molar-refractivity contribution is 0.188. The number of hydrogen-bond acceptors (Lipinski definition) is 4. The Hall–Kier alpha value is -2.04. The summed E-state index contributed by atoms with van der Waals surface area (Å²) in [7, 11) is 0. The summed E-state index contributed by atoms with van der Waals surface area (Å²) in [4.78, 5) is 11.6. The quantitative estimate of drug-likeness (QED) is 0.846. The second kappa shape index (κ2) is 4.68. The molecule has 5 nitrogen and oxygen atoms in total. The largest absolute Gasteiger partial charge is 0.428 e. The van der Waals surface area contributed by atoms with Crippen LogP contribution in [0.5, 0.6) is 0 Å². The first-order valence-electron chi connectivity index (χ1n) is 5.86. The van der Waals surface area contributed by atoms with Crippen molar-refractivity contribution in [1.29, 1.82) is 0 Å². The van der Waals surface area contributed by atoms with Crippen molar-refractivity contribution < 1.29 is 9.73 Å². The molecule has 0 unspecified atom stereocenters. The Bertz CT molecular complexity index is 611. The minimum Gasteiger partial charge on any atom is -0.428 e. The number of hydrogen-bond donors (Lipinski definition) is 1. The van der Waals surface area contributed by atoms with Gasteiger partial charge in [-0.25, -0.2) is 0 Å². The highest BCUT2D eigenvalue weighted by Crippen LogP contribution is 2.19. The topological polar surface area (TPSA) is 68.3 Å². The zero-order valence-electron chi connectivity index (χ0n) is 10.7. The average molecular weight is 248 g/mol. The van der Waals surface area contributed by atoms with Crippen molar-refractivity contribution in [2.75, 3.05) is 0 Å². The molecule has 0 aliphatic carbocycles. The van der Waals surface area contributed by atoms with Gasteiger partial charge in [-0.05, 0) is 12.8 Å². The highest BCUT2D eigenvalue weighted by Gasteiger charge is 2.12. The fraction of sp³-hybridized carbons (Fsp3) is 0.385. The van der Waals surface area contributed by atoms with Gasteiger partial charge in [0.15, 0.2) is 5.43 Å². The molecular weight excluding hydrogens is 232 g/mol. The van der Waals surface area contributed by atoms with E-state index in [4.69, 9.17) is 4.52 Å². The Morgan fingerprint density at radius 2 is 2.17 bits per heavy atom. The fourth-order valence-corrected chi connectivity index (χ4v) is 1.74. The summed E-state index contributed by atoms with van der Waals surface area (Å²) in [5.41, 5.74) is 1.14. The predicted octanol–water partition coefficient (Wildman–Crippen LogP) is 2.25. The van der Waals surface area contributed by atoms with E-state index in [9.17, 15) is 10.0 Å². The van der Waals surface area contributed by atoms with Gasteiger partial charge in [-0.2, -0.15) is 4.73 Å². The van der Waals surface area contributed by atoms with Crippen LogP contribution < -0.4 is 5.43 Å². The van der Waals surface area contributed by atoms with E-state index < -0.39 is 0 Å². The van der Waals surface area contributed by atoms with Crippen LogP contribution in [0.25, 0.3) is 11.4 Å². The first-order chi connectivity index (χ1) is 8.47. The summed E-state index contributed by atoms with van der Waals surface area (Å²) in [5, 5.41) is 13.6. The van der Waals surface area contributed by atoms with Gasteiger partial charge in [-0.15, -0.1) is 0 Å². The molecule has 0 bridgehead atoms. The first kappa shape index (κ1) is 12.4. The van der Waals surface area contributed by atoms with Gasteiger partial charge < -0.3 is 9.73 Å². The molecule has 0 spiro atoms. The zero-order valence-corrected chi connectivity index (χ0v) is 10.7. The van der Waals surface area contributed by atoms with Gasteiger partial charge in [0, 0.05) is 24.1 Å². The van der Waals surface area contributed by atoms with Gasteiger partial charge in [0.25, 0.3) is 0 Å². The molecular formula is C13H16N2O3. The van der Waals surface area contributed by atoms with Gasteiger partial charge in [-0.1, -0.05) is 19.0 Å². The molecule has 2 aromatic rings. The zero-order chi connectivity index (χ0) is 13.3. The maximum Gasteiger partial charge on any atom is 0.185 e. The molecule has 0 atom stereocenters. The summed E-state index contributed by atoms with van der Waals surface area (Å²) in [6.07, 6.45) is 2.14. The lowest BCUT2D eigenvalue weighted by atomic mass is 10.1. The normalized spacial score (nSPS) is 11.1. The van der Waals surface area contributed by atoms with Crippen LogP contribution in [0, 0.1) is 12.8 Å². The Morgan fingerprint density at radius 1 is 1.44 bits per heavy atom. The molecule has 18 heavy (non-hydrogen) atoms. The number of aryl methyl sites for hydroxylation is 1. The van der Waals surface area contributed by atoms with Gasteiger partial charge in [-0.3, -0.25) is 4.79 Å². The molecule has 0 aromatic carbocycles. The van der Waals surface area contributed by atoms with E-state index in [-0.39, 0.29) is 5.43 Å². The van der Waals surface area contributed by atoms with E-state index in [1.807, 2.05) is 0 Å². The second-order valence-electron chi connectivity index (χ2n) is 4.83. The van der Waals surface area contributed by atoms with Gasteiger partial charge >= 0.3 is 0 Å². The lowest BCUT2D eigenvalue weighted by Crippen LogP contribution is -2.10. The molecule has 0 amide bonds. The van der Waals surface area contributed by atoms with Crippen LogP contribution >= 0.6 is 0 Å². The van der Waals surface area contributed by atoms with E-state index in [0.29, 0.717) is 22.9 Å². The molecule has 2 heterocycles. The van der Waals surface area contributed by atoms with Crippen molar-refractivity contribution in [3.63, 3.8) is 0 Å². The molecule has 0 saturated carbocycles. The Morgan fingerprint density at radius 3 is 2.83 bits per heavy atom. The summed E-state index contributed by atoms with van der Waals surface area (Å²) < 4.78 is 6.08. The van der Waals surface area contributed by atoms with Crippen molar-refractivity contribution in [2.45, 2.75) is 27.2 Å². The van der Waals surface area contributed by atoms with Crippen LogP contribution in [0.15, 0.2) is 27.6 Å². The molecule has 2 aromatic heterocycles. The second-order valence-corrected chi connectivity index (χ2v) is 4.83. The molecule has 0 fully saturated rings. The van der Waals surface area contributed by atoms with E-state index in [1.54, 1.807) is 13.0 Å². The highest BCUT2D eigenvalue weighted by molar-refractivity contribution is 5.54. The minimum atomic E-state index is -0.135. The van der Waals surface area contributed by atoms with E-state index in [1.165, 1.54) is 12.3 Å². The Kier molecular flexibility index (Phi) is 3.23. The minimum absolute atomic E-state index is 0.135. The van der Waals surface area contributed by atoms with Crippen molar-refractivity contribution in [2.24, 2.45) is 5.92 Å². The molecule has 2 rings (SSSR count). The maximum absolute atomic E-state index is 11.6. The monoisotopic (exact) mass is 248 g/mol. The van der Waals surface area contributed by atoms with Crippen molar-refractivity contribution in [3.05, 3.63) is 39.9 Å². The molecule has 0 aliphatic heterocycles. The smallest absolute Gasteiger partial charge is 0.185 e. The molecule has 5 heteroatoms. The first-order valence-corrected chi connectivity index (χ1v) is 5.86. The Labute approximate surface area is 105 Å².